The van der Waals surface area contributed by atoms with Gasteiger partial charge in [-0.25, -0.2) is 4.99 Å². The normalized spacial score (nSPS) is 15.4. The number of hydrogen-bond acceptors (Lipinski definition) is 4. The van der Waals surface area contributed by atoms with E-state index < -0.39 is 0 Å². The molecule has 1 aromatic rings. The van der Waals surface area contributed by atoms with Gasteiger partial charge in [0.05, 0.1) is 0 Å². The summed E-state index contributed by atoms with van der Waals surface area (Å²) in [4.78, 5) is 23.0. The molecule has 30 heavy (non-hydrogen) atoms. The number of carbonyl (C=O) groups excluding carboxylic acids is 1. The number of nitrogens with one attached hydrogen (secondary N) is 2. The first-order valence-corrected chi connectivity index (χ1v) is 10.7. The molecule has 7 nitrogen and oxygen atoms in total. The van der Waals surface area contributed by atoms with Crippen molar-refractivity contribution in [2.75, 3.05) is 46.9 Å². The van der Waals surface area contributed by atoms with Crippen molar-refractivity contribution in [2.45, 2.75) is 45.4 Å². The molecular weight excluding hydrogens is 493 g/mol. The van der Waals surface area contributed by atoms with Gasteiger partial charge in [-0.05, 0) is 43.7 Å². The summed E-state index contributed by atoms with van der Waals surface area (Å²) in [6, 6.07) is 5.84. The van der Waals surface area contributed by atoms with Gasteiger partial charge < -0.3 is 20.3 Å². The molecule has 1 fully saturated rings. The maximum atomic E-state index is 12.5. The fourth-order valence-electron chi connectivity index (χ4n) is 3.79. The Balaban J connectivity index is 0.00000450. The molecule has 0 bridgehead atoms. The number of halogens is 1. The number of likely N-dealkylation sites (N-methyl/N-ethyl adjacent to an activating group) is 1. The lowest BCUT2D eigenvalue weighted by molar-refractivity contribution is -0.128. The van der Waals surface area contributed by atoms with E-state index in [9.17, 15) is 4.79 Å². The van der Waals surface area contributed by atoms with Crippen LogP contribution in [0.5, 0.6) is 0 Å². The maximum Gasteiger partial charge on any atom is 0.244 e. The molecule has 1 amide bonds. The van der Waals surface area contributed by atoms with Crippen LogP contribution in [0.25, 0.3) is 0 Å². The van der Waals surface area contributed by atoms with E-state index in [1.807, 2.05) is 32.2 Å². The summed E-state index contributed by atoms with van der Waals surface area (Å²) in [5, 5.41) is 6.73. The molecule has 8 heteroatoms. The van der Waals surface area contributed by atoms with Gasteiger partial charge in [-0.2, -0.15) is 0 Å². The van der Waals surface area contributed by atoms with Crippen molar-refractivity contribution in [2.24, 2.45) is 10.4 Å². The molecule has 0 saturated heterocycles. The number of rotatable bonds is 11. The van der Waals surface area contributed by atoms with Crippen molar-refractivity contribution in [1.82, 2.24) is 20.5 Å². The minimum absolute atomic E-state index is 0. The molecule has 0 atom stereocenters. The number of guanidine groups is 1. The van der Waals surface area contributed by atoms with Crippen molar-refractivity contribution in [3.8, 4) is 0 Å². The van der Waals surface area contributed by atoms with Crippen molar-refractivity contribution in [1.29, 1.82) is 0 Å². The van der Waals surface area contributed by atoms with Crippen molar-refractivity contribution in [3.05, 3.63) is 30.1 Å². The van der Waals surface area contributed by atoms with E-state index in [0.717, 1.165) is 38.2 Å². The number of pyridine rings is 1. The average Bonchev–Trinajstić information content (AvgIpc) is 3.22. The predicted octanol–water partition coefficient (Wildman–Crippen LogP) is 2.85. The Kier molecular flexibility index (Phi) is 12.9. The number of aliphatic imine (C=N–C) groups is 1. The Bertz CT molecular complexity index is 636. The van der Waals surface area contributed by atoms with Crippen LogP contribution >= 0.6 is 24.0 Å². The molecule has 0 aromatic carbocycles. The lowest BCUT2D eigenvalue weighted by Gasteiger charge is -2.30. The largest absolute Gasteiger partial charge is 0.385 e. The Morgan fingerprint density at radius 2 is 2.07 bits per heavy atom. The van der Waals surface area contributed by atoms with Crippen LogP contribution in [0.1, 0.15) is 44.7 Å². The van der Waals surface area contributed by atoms with Gasteiger partial charge in [0.1, 0.15) is 6.54 Å². The quantitative estimate of drug-likeness (QED) is 0.261. The number of amides is 1. The van der Waals surface area contributed by atoms with Crippen LogP contribution in [0.3, 0.4) is 0 Å². The fraction of sp³-hybridized carbons (Fsp3) is 0.682. The van der Waals surface area contributed by atoms with Gasteiger partial charge in [0.15, 0.2) is 5.96 Å². The summed E-state index contributed by atoms with van der Waals surface area (Å²) in [5.74, 6) is 0.718. The van der Waals surface area contributed by atoms with Crippen LogP contribution in [0.4, 0.5) is 0 Å². The molecule has 0 aliphatic heterocycles. The first-order valence-electron chi connectivity index (χ1n) is 10.7. The fourth-order valence-corrected chi connectivity index (χ4v) is 3.79. The van der Waals surface area contributed by atoms with Gasteiger partial charge in [0.25, 0.3) is 0 Å². The highest BCUT2D eigenvalue weighted by Gasteiger charge is 2.33. The summed E-state index contributed by atoms with van der Waals surface area (Å²) in [6.07, 6.45) is 8.57. The molecule has 2 N–H and O–H groups in total. The number of ether oxygens (including phenoxy) is 1. The molecule has 1 aliphatic rings. The van der Waals surface area contributed by atoms with Crippen molar-refractivity contribution >= 4 is 35.8 Å². The second kappa shape index (κ2) is 14.6. The Morgan fingerprint density at radius 3 is 2.70 bits per heavy atom. The Labute approximate surface area is 198 Å². The van der Waals surface area contributed by atoms with E-state index >= 15 is 0 Å². The third kappa shape index (κ3) is 9.16. The topological polar surface area (TPSA) is 78.9 Å². The molecule has 1 saturated carbocycles. The smallest absolute Gasteiger partial charge is 0.244 e. The third-order valence-electron chi connectivity index (χ3n) is 5.70. The van der Waals surface area contributed by atoms with E-state index in [1.54, 1.807) is 18.2 Å². The van der Waals surface area contributed by atoms with E-state index in [-0.39, 0.29) is 41.8 Å². The summed E-state index contributed by atoms with van der Waals surface area (Å²) in [5.41, 5.74) is 1.26. The second-order valence-corrected chi connectivity index (χ2v) is 7.88. The van der Waals surface area contributed by atoms with Gasteiger partial charge in [-0.15, -0.1) is 24.0 Å². The van der Waals surface area contributed by atoms with E-state index in [0.29, 0.717) is 12.5 Å². The van der Waals surface area contributed by atoms with E-state index in [2.05, 4.69) is 20.6 Å². The zero-order valence-electron chi connectivity index (χ0n) is 18.7. The summed E-state index contributed by atoms with van der Waals surface area (Å²) < 4.78 is 5.32. The van der Waals surface area contributed by atoms with Crippen molar-refractivity contribution < 1.29 is 9.53 Å². The SMILES string of the molecule is CCNC(=NCC(=O)N(C)CCc1ccccn1)NCC1(CCOC)CCCC1.I. The number of aromatic nitrogens is 1. The number of nitrogens with zero attached hydrogens (tertiary/aromatic N) is 3. The second-order valence-electron chi connectivity index (χ2n) is 7.88. The minimum atomic E-state index is 0. The zero-order chi connectivity index (χ0) is 21.0. The van der Waals surface area contributed by atoms with Crippen LogP contribution in [0.15, 0.2) is 29.4 Å². The lowest BCUT2D eigenvalue weighted by atomic mass is 9.83. The highest BCUT2D eigenvalue weighted by Crippen LogP contribution is 2.40. The molecule has 2 rings (SSSR count). The summed E-state index contributed by atoms with van der Waals surface area (Å²) >= 11 is 0. The molecule has 0 radical (unpaired) electrons. The monoisotopic (exact) mass is 531 g/mol. The maximum absolute atomic E-state index is 12.5. The molecular formula is C22H38IN5O2. The van der Waals surface area contributed by atoms with Crippen LogP contribution in [0.2, 0.25) is 0 Å². The number of methoxy groups -OCH3 is 1. The molecule has 170 valence electrons. The van der Waals surface area contributed by atoms with Gasteiger partial charge in [0, 0.05) is 58.7 Å². The molecule has 1 aromatic heterocycles. The molecule has 1 heterocycles. The molecule has 1 aliphatic carbocycles. The lowest BCUT2D eigenvalue weighted by Crippen LogP contribution is -2.44. The average molecular weight is 531 g/mol. The molecule has 0 spiro atoms. The van der Waals surface area contributed by atoms with Gasteiger partial charge in [0.2, 0.25) is 5.91 Å². The minimum Gasteiger partial charge on any atom is -0.385 e. The summed E-state index contributed by atoms with van der Waals surface area (Å²) in [6.45, 7) is 5.23. The first-order chi connectivity index (χ1) is 14.1. The Morgan fingerprint density at radius 1 is 1.30 bits per heavy atom. The van der Waals surface area contributed by atoms with Gasteiger partial charge in [-0.3, -0.25) is 9.78 Å². The van der Waals surface area contributed by atoms with Crippen LogP contribution in [-0.4, -0.2) is 68.7 Å². The van der Waals surface area contributed by atoms with E-state index in [1.165, 1.54) is 25.7 Å². The number of carbonyl (C=O) groups is 1. The van der Waals surface area contributed by atoms with Crippen LogP contribution in [-0.2, 0) is 16.0 Å². The third-order valence-corrected chi connectivity index (χ3v) is 5.70. The van der Waals surface area contributed by atoms with Crippen LogP contribution in [0, 0.1) is 5.41 Å². The van der Waals surface area contributed by atoms with Gasteiger partial charge >= 0.3 is 0 Å². The van der Waals surface area contributed by atoms with Crippen LogP contribution < -0.4 is 10.6 Å². The van der Waals surface area contributed by atoms with E-state index in [4.69, 9.17) is 4.74 Å². The standard InChI is InChI=1S/C22H37N5O2.HI/c1-4-23-21(26-18-22(13-16-29-3)11-6-7-12-22)25-17-20(28)27(2)15-10-19-9-5-8-14-24-19;/h5,8-9,14H,4,6-7,10-13,15-18H2,1-3H3,(H2,23,25,26);1H. The Hall–Kier alpha value is -1.42. The first kappa shape index (κ1) is 26.6. The van der Waals surface area contributed by atoms with Gasteiger partial charge in [-0.1, -0.05) is 18.9 Å². The highest BCUT2D eigenvalue weighted by atomic mass is 127. The summed E-state index contributed by atoms with van der Waals surface area (Å²) in [7, 11) is 3.58. The zero-order valence-corrected chi connectivity index (χ0v) is 21.0. The van der Waals surface area contributed by atoms with Crippen molar-refractivity contribution in [3.63, 3.8) is 0 Å². The predicted molar refractivity (Wildman–Crippen MR) is 132 cm³/mol. The molecule has 0 unspecified atom stereocenters. The highest BCUT2D eigenvalue weighted by molar-refractivity contribution is 14.0. The number of hydrogen-bond donors (Lipinski definition) is 2.